The third-order valence-corrected chi connectivity index (χ3v) is 6.12. The minimum absolute atomic E-state index is 0.0142. The van der Waals surface area contributed by atoms with E-state index in [1.54, 1.807) is 48.5 Å². The van der Waals surface area contributed by atoms with Gasteiger partial charge in [0.1, 0.15) is 0 Å². The van der Waals surface area contributed by atoms with Crippen molar-refractivity contribution in [1.82, 2.24) is 10.2 Å². The summed E-state index contributed by atoms with van der Waals surface area (Å²) in [4.78, 5) is 40.4. The fourth-order valence-corrected chi connectivity index (χ4v) is 4.19. The molecule has 2 amide bonds. The average Bonchev–Trinajstić information content (AvgIpc) is 2.86. The normalized spacial score (nSPS) is 14.4. The molecule has 1 heterocycles. The van der Waals surface area contributed by atoms with Crippen molar-refractivity contribution in [3.63, 3.8) is 0 Å². The zero-order valence-corrected chi connectivity index (χ0v) is 19.4. The number of halogens is 1. The Labute approximate surface area is 203 Å². The van der Waals surface area contributed by atoms with Crippen molar-refractivity contribution in [2.24, 2.45) is 0 Å². The van der Waals surface area contributed by atoms with Crippen LogP contribution in [-0.2, 0) is 4.79 Å². The lowest BCUT2D eigenvalue weighted by atomic mass is 9.97. The van der Waals surface area contributed by atoms with E-state index in [4.69, 9.17) is 11.6 Å². The summed E-state index contributed by atoms with van der Waals surface area (Å²) in [7, 11) is 0. The van der Waals surface area contributed by atoms with Crippen LogP contribution in [0.4, 0.5) is 5.69 Å². The summed E-state index contributed by atoms with van der Waals surface area (Å²) >= 11 is 5.93. The van der Waals surface area contributed by atoms with Gasteiger partial charge in [-0.3, -0.25) is 19.3 Å². The van der Waals surface area contributed by atoms with Crippen molar-refractivity contribution in [3.05, 3.63) is 101 Å². The summed E-state index contributed by atoms with van der Waals surface area (Å²) in [6.07, 6.45) is 1.47. The first-order valence-electron chi connectivity index (χ1n) is 11.3. The van der Waals surface area contributed by atoms with Crippen molar-refractivity contribution < 1.29 is 14.4 Å². The second-order valence-corrected chi connectivity index (χ2v) is 8.76. The zero-order valence-electron chi connectivity index (χ0n) is 18.7. The van der Waals surface area contributed by atoms with Gasteiger partial charge in [-0.1, -0.05) is 48.0 Å². The molecule has 1 aliphatic heterocycles. The minimum atomic E-state index is -0.266. The molecule has 6 nitrogen and oxygen atoms in total. The van der Waals surface area contributed by atoms with Gasteiger partial charge in [-0.15, -0.1) is 0 Å². The number of hydrogen-bond acceptors (Lipinski definition) is 4. The fraction of sp³-hybridized carbons (Fsp3) is 0.222. The molecular weight excluding hydrogens is 450 g/mol. The van der Waals surface area contributed by atoms with E-state index in [9.17, 15) is 14.4 Å². The molecule has 4 rings (SSSR count). The first-order valence-corrected chi connectivity index (χ1v) is 11.6. The van der Waals surface area contributed by atoms with Crippen LogP contribution in [0, 0.1) is 0 Å². The molecule has 3 aromatic carbocycles. The molecule has 0 aliphatic carbocycles. The minimum Gasteiger partial charge on any atom is -0.349 e. The monoisotopic (exact) mass is 475 g/mol. The van der Waals surface area contributed by atoms with E-state index in [1.165, 1.54) is 0 Å². The molecule has 0 atom stereocenters. The van der Waals surface area contributed by atoms with Crippen LogP contribution in [0.3, 0.4) is 0 Å². The van der Waals surface area contributed by atoms with Crippen LogP contribution in [0.25, 0.3) is 0 Å². The molecule has 0 unspecified atom stereocenters. The second-order valence-electron chi connectivity index (χ2n) is 8.32. The van der Waals surface area contributed by atoms with Crippen LogP contribution in [0.5, 0.6) is 0 Å². The summed E-state index contributed by atoms with van der Waals surface area (Å²) in [5.74, 6) is -0.539. The fourth-order valence-electron chi connectivity index (χ4n) is 4.06. The van der Waals surface area contributed by atoms with Gasteiger partial charge < -0.3 is 10.6 Å². The Bertz CT molecular complexity index is 1160. The Morgan fingerprint density at radius 2 is 1.44 bits per heavy atom. The summed E-state index contributed by atoms with van der Waals surface area (Å²) < 4.78 is 0. The predicted molar refractivity (Wildman–Crippen MR) is 133 cm³/mol. The number of ketones is 1. The summed E-state index contributed by atoms with van der Waals surface area (Å²) in [6.45, 7) is 1.73. The highest BCUT2D eigenvalue weighted by molar-refractivity contribution is 6.30. The molecule has 0 saturated carbocycles. The number of para-hydroxylation sites is 1. The number of carbonyl (C=O) groups excluding carboxylic acids is 3. The number of rotatable bonds is 7. The lowest BCUT2D eigenvalue weighted by Crippen LogP contribution is -2.46. The molecule has 3 aromatic rings. The molecule has 0 bridgehead atoms. The third kappa shape index (κ3) is 6.10. The highest BCUT2D eigenvalue weighted by Crippen LogP contribution is 2.18. The van der Waals surface area contributed by atoms with Crippen LogP contribution >= 0.6 is 11.6 Å². The van der Waals surface area contributed by atoms with Gasteiger partial charge in [0.2, 0.25) is 5.91 Å². The van der Waals surface area contributed by atoms with Gasteiger partial charge in [0.15, 0.2) is 5.78 Å². The van der Waals surface area contributed by atoms with Gasteiger partial charge in [-0.05, 0) is 55.3 Å². The van der Waals surface area contributed by atoms with Crippen molar-refractivity contribution in [2.45, 2.75) is 18.9 Å². The van der Waals surface area contributed by atoms with E-state index < -0.39 is 0 Å². The maximum atomic E-state index is 13.0. The van der Waals surface area contributed by atoms with Crippen molar-refractivity contribution in [3.8, 4) is 0 Å². The van der Waals surface area contributed by atoms with Crippen LogP contribution in [-0.4, -0.2) is 48.2 Å². The largest absolute Gasteiger partial charge is 0.349 e. The first kappa shape index (κ1) is 23.7. The molecule has 174 valence electrons. The molecular formula is C27H26ClN3O3. The molecule has 0 aromatic heterocycles. The summed E-state index contributed by atoms with van der Waals surface area (Å²) in [5, 5.41) is 6.51. The highest BCUT2D eigenvalue weighted by atomic mass is 35.5. The number of hydrogen-bond donors (Lipinski definition) is 2. The number of anilines is 1. The van der Waals surface area contributed by atoms with Gasteiger partial charge in [0, 0.05) is 41.0 Å². The predicted octanol–water partition coefficient (Wildman–Crippen LogP) is 4.40. The number of piperidine rings is 1. The zero-order chi connectivity index (χ0) is 23.9. The van der Waals surface area contributed by atoms with Crippen LogP contribution in [0.15, 0.2) is 78.9 Å². The van der Waals surface area contributed by atoms with Crippen LogP contribution < -0.4 is 10.6 Å². The SMILES string of the molecule is O=C(CN1CCC(NC(=O)c2ccccc2C(=O)c2ccc(Cl)cc2)CC1)Nc1ccccc1. The van der Waals surface area contributed by atoms with E-state index in [2.05, 4.69) is 15.5 Å². The van der Waals surface area contributed by atoms with Gasteiger partial charge in [0.25, 0.3) is 5.91 Å². The number of carbonyl (C=O) groups is 3. The quantitative estimate of drug-likeness (QED) is 0.496. The molecule has 7 heteroatoms. The molecule has 0 radical (unpaired) electrons. The summed E-state index contributed by atoms with van der Waals surface area (Å²) in [6, 6.07) is 22.8. The molecule has 0 spiro atoms. The Morgan fingerprint density at radius 3 is 2.12 bits per heavy atom. The van der Waals surface area contributed by atoms with Crippen molar-refractivity contribution in [2.75, 3.05) is 25.0 Å². The average molecular weight is 476 g/mol. The topological polar surface area (TPSA) is 78.5 Å². The van der Waals surface area contributed by atoms with Gasteiger partial charge in [0.05, 0.1) is 12.1 Å². The van der Waals surface area contributed by atoms with E-state index in [1.807, 2.05) is 30.3 Å². The molecule has 2 N–H and O–H groups in total. The number of amides is 2. The number of nitrogens with one attached hydrogen (secondary N) is 2. The number of nitrogens with zero attached hydrogens (tertiary/aromatic N) is 1. The molecule has 1 saturated heterocycles. The van der Waals surface area contributed by atoms with E-state index >= 15 is 0 Å². The third-order valence-electron chi connectivity index (χ3n) is 5.87. The second kappa shape index (κ2) is 11.1. The van der Waals surface area contributed by atoms with Gasteiger partial charge >= 0.3 is 0 Å². The highest BCUT2D eigenvalue weighted by Gasteiger charge is 2.24. The maximum absolute atomic E-state index is 13.0. The van der Waals surface area contributed by atoms with E-state index in [-0.39, 0.29) is 23.6 Å². The Morgan fingerprint density at radius 1 is 0.824 bits per heavy atom. The lowest BCUT2D eigenvalue weighted by molar-refractivity contribution is -0.117. The number of likely N-dealkylation sites (tertiary alicyclic amines) is 1. The Hall–Kier alpha value is -3.48. The Kier molecular flexibility index (Phi) is 7.72. The summed E-state index contributed by atoms with van der Waals surface area (Å²) in [5.41, 5.74) is 1.97. The standard InChI is InChI=1S/C27H26ClN3O3/c28-20-12-10-19(11-13-20)26(33)23-8-4-5-9-24(23)27(34)30-22-14-16-31(17-15-22)18-25(32)29-21-6-2-1-3-7-21/h1-13,22H,14-18H2,(H,29,32)(H,30,34). The van der Waals surface area contributed by atoms with Crippen LogP contribution in [0.2, 0.25) is 5.02 Å². The van der Waals surface area contributed by atoms with Gasteiger partial charge in [-0.25, -0.2) is 0 Å². The lowest BCUT2D eigenvalue weighted by Gasteiger charge is -2.32. The molecule has 34 heavy (non-hydrogen) atoms. The molecule has 1 aliphatic rings. The maximum Gasteiger partial charge on any atom is 0.252 e. The number of benzene rings is 3. The Balaban J connectivity index is 1.32. The smallest absolute Gasteiger partial charge is 0.252 e. The van der Waals surface area contributed by atoms with Gasteiger partial charge in [-0.2, -0.15) is 0 Å². The first-order chi connectivity index (χ1) is 16.5. The van der Waals surface area contributed by atoms with E-state index in [0.717, 1.165) is 18.5 Å². The molecule has 1 fully saturated rings. The van der Waals surface area contributed by atoms with Crippen molar-refractivity contribution in [1.29, 1.82) is 0 Å². The van der Waals surface area contributed by atoms with E-state index in [0.29, 0.717) is 41.3 Å². The van der Waals surface area contributed by atoms with Crippen LogP contribution in [0.1, 0.15) is 39.1 Å². The van der Waals surface area contributed by atoms with Crippen molar-refractivity contribution >= 4 is 34.9 Å².